The van der Waals surface area contributed by atoms with Crippen LogP contribution in [0, 0.1) is 5.92 Å². The maximum absolute atomic E-state index is 12.9. The Balaban J connectivity index is 1.47. The van der Waals surface area contributed by atoms with E-state index in [1.165, 1.54) is 0 Å². The summed E-state index contributed by atoms with van der Waals surface area (Å²) in [7, 11) is 0. The molecule has 0 heterocycles. The van der Waals surface area contributed by atoms with E-state index in [4.69, 9.17) is 0 Å². The van der Waals surface area contributed by atoms with Crippen molar-refractivity contribution in [1.29, 1.82) is 0 Å². The number of ketones is 1. The molecular weight excluding hydrogens is 378 g/mol. The minimum absolute atomic E-state index is 0.0796. The summed E-state index contributed by atoms with van der Waals surface area (Å²) < 4.78 is 0. The van der Waals surface area contributed by atoms with Crippen molar-refractivity contribution >= 4 is 17.7 Å². The van der Waals surface area contributed by atoms with Gasteiger partial charge >= 0.3 is 5.97 Å². The van der Waals surface area contributed by atoms with Gasteiger partial charge in [0.05, 0.1) is 5.92 Å². The zero-order valence-corrected chi connectivity index (χ0v) is 16.3. The number of carbonyl (C=O) groups is 3. The molecule has 4 rings (SSSR count). The topological polar surface area (TPSA) is 83.5 Å². The van der Waals surface area contributed by atoms with Gasteiger partial charge in [-0.3, -0.25) is 14.4 Å². The molecule has 1 aliphatic carbocycles. The lowest BCUT2D eigenvalue weighted by Crippen LogP contribution is -2.29. The lowest BCUT2D eigenvalue weighted by molar-refractivity contribution is -0.141. The number of fused-ring (bicyclic) bond motifs is 3. The molecule has 3 aromatic carbocycles. The van der Waals surface area contributed by atoms with Gasteiger partial charge in [0.2, 0.25) is 0 Å². The Morgan fingerprint density at radius 3 is 2.23 bits per heavy atom. The fourth-order valence-corrected chi connectivity index (χ4v) is 3.93. The number of carboxylic acids is 1. The fraction of sp³-hybridized carbons (Fsp3) is 0.160. The average molecular weight is 399 g/mol. The van der Waals surface area contributed by atoms with Crippen molar-refractivity contribution in [3.8, 4) is 11.1 Å². The summed E-state index contributed by atoms with van der Waals surface area (Å²) in [6, 6.07) is 21.8. The zero-order chi connectivity index (χ0) is 21.1. The average Bonchev–Trinajstić information content (AvgIpc) is 3.06. The number of amides is 1. The second-order valence-corrected chi connectivity index (χ2v) is 7.37. The van der Waals surface area contributed by atoms with E-state index in [-0.39, 0.29) is 18.2 Å². The normalized spacial score (nSPS) is 12.7. The number of nitrogens with one attached hydrogen (secondary N) is 1. The quantitative estimate of drug-likeness (QED) is 0.493. The maximum atomic E-state index is 12.9. The van der Waals surface area contributed by atoms with Crippen molar-refractivity contribution in [2.75, 3.05) is 6.54 Å². The van der Waals surface area contributed by atoms with Gasteiger partial charge in [0.1, 0.15) is 0 Å². The smallest absolute Gasteiger partial charge is 0.306 e. The highest BCUT2D eigenvalue weighted by Crippen LogP contribution is 2.38. The summed E-state index contributed by atoms with van der Waals surface area (Å²) in [5, 5.41) is 12.4. The largest absolute Gasteiger partial charge is 0.481 e. The Morgan fingerprint density at radius 1 is 0.833 bits per heavy atom. The molecule has 5 nitrogen and oxygen atoms in total. The highest BCUT2D eigenvalue weighted by atomic mass is 16.4. The molecule has 1 atom stereocenters. The van der Waals surface area contributed by atoms with E-state index in [9.17, 15) is 19.5 Å². The lowest BCUT2D eigenvalue weighted by atomic mass is 9.96. The molecule has 0 fully saturated rings. The summed E-state index contributed by atoms with van der Waals surface area (Å²) in [5.41, 5.74) is 3.91. The van der Waals surface area contributed by atoms with Gasteiger partial charge in [0, 0.05) is 28.8 Å². The molecule has 150 valence electrons. The molecule has 30 heavy (non-hydrogen) atoms. The van der Waals surface area contributed by atoms with Crippen LogP contribution in [0.4, 0.5) is 0 Å². The molecule has 2 N–H and O–H groups in total. The van der Waals surface area contributed by atoms with Crippen LogP contribution in [0.3, 0.4) is 0 Å². The van der Waals surface area contributed by atoms with Gasteiger partial charge in [-0.15, -0.1) is 0 Å². The Labute approximate surface area is 174 Å². The molecular formula is C25H21NO4. The van der Waals surface area contributed by atoms with Crippen LogP contribution in [0.15, 0.2) is 72.8 Å². The van der Waals surface area contributed by atoms with Crippen molar-refractivity contribution < 1.29 is 19.5 Å². The first-order valence-corrected chi connectivity index (χ1v) is 9.88. The Bertz CT molecular complexity index is 1120. The molecule has 0 saturated heterocycles. The molecule has 0 spiro atoms. The van der Waals surface area contributed by atoms with E-state index < -0.39 is 11.9 Å². The third-order valence-electron chi connectivity index (χ3n) is 5.45. The van der Waals surface area contributed by atoms with Crippen LogP contribution in [0.5, 0.6) is 0 Å². The predicted molar refractivity (Wildman–Crippen MR) is 114 cm³/mol. The van der Waals surface area contributed by atoms with Crippen LogP contribution >= 0.6 is 0 Å². The number of benzene rings is 3. The van der Waals surface area contributed by atoms with Crippen molar-refractivity contribution in [3.05, 3.63) is 95.1 Å². The van der Waals surface area contributed by atoms with Gasteiger partial charge in [0.15, 0.2) is 5.78 Å². The number of rotatable bonds is 7. The third-order valence-corrected chi connectivity index (χ3v) is 5.45. The van der Waals surface area contributed by atoms with Crippen LogP contribution in [0.25, 0.3) is 11.1 Å². The highest BCUT2D eigenvalue weighted by molar-refractivity contribution is 6.24. The van der Waals surface area contributed by atoms with Crippen molar-refractivity contribution in [3.63, 3.8) is 0 Å². The minimum atomic E-state index is -0.881. The van der Waals surface area contributed by atoms with Crippen molar-refractivity contribution in [1.82, 2.24) is 5.32 Å². The SMILES string of the molecule is O=C(NCCC(Cc1ccccc1)C(=O)O)c1cccc2c1-c1ccccc1C2=O. The van der Waals surface area contributed by atoms with Gasteiger partial charge in [0.25, 0.3) is 5.91 Å². The number of hydrogen-bond acceptors (Lipinski definition) is 3. The van der Waals surface area contributed by atoms with Crippen molar-refractivity contribution in [2.24, 2.45) is 5.92 Å². The third kappa shape index (κ3) is 3.74. The van der Waals surface area contributed by atoms with Crippen LogP contribution < -0.4 is 5.32 Å². The predicted octanol–water partition coefficient (Wildman–Crippen LogP) is 3.96. The molecule has 5 heteroatoms. The van der Waals surface area contributed by atoms with Gasteiger partial charge < -0.3 is 10.4 Å². The van der Waals surface area contributed by atoms with E-state index >= 15 is 0 Å². The summed E-state index contributed by atoms with van der Waals surface area (Å²) in [4.78, 5) is 37.1. The van der Waals surface area contributed by atoms with Crippen LogP contribution in [0.1, 0.15) is 38.3 Å². The Kier molecular flexibility index (Phi) is 5.44. The molecule has 0 radical (unpaired) electrons. The molecule has 1 aliphatic rings. The van der Waals surface area contributed by atoms with E-state index in [1.54, 1.807) is 30.3 Å². The summed E-state index contributed by atoms with van der Waals surface area (Å²) in [6.45, 7) is 0.238. The summed E-state index contributed by atoms with van der Waals surface area (Å²) in [5.74, 6) is -1.85. The molecule has 0 aliphatic heterocycles. The van der Waals surface area contributed by atoms with E-state index in [0.29, 0.717) is 35.1 Å². The molecule has 0 aromatic heterocycles. The van der Waals surface area contributed by atoms with Gasteiger partial charge in [-0.1, -0.05) is 66.7 Å². The molecule has 0 bridgehead atoms. The maximum Gasteiger partial charge on any atom is 0.306 e. The second kappa shape index (κ2) is 8.33. The van der Waals surface area contributed by atoms with Gasteiger partial charge in [-0.05, 0) is 30.0 Å². The minimum Gasteiger partial charge on any atom is -0.481 e. The van der Waals surface area contributed by atoms with E-state index in [1.807, 2.05) is 42.5 Å². The monoisotopic (exact) mass is 399 g/mol. The molecule has 1 unspecified atom stereocenters. The van der Waals surface area contributed by atoms with E-state index in [2.05, 4.69) is 5.32 Å². The van der Waals surface area contributed by atoms with Gasteiger partial charge in [-0.25, -0.2) is 0 Å². The zero-order valence-electron chi connectivity index (χ0n) is 16.3. The first kappa shape index (κ1) is 19.6. The Morgan fingerprint density at radius 2 is 1.50 bits per heavy atom. The van der Waals surface area contributed by atoms with Crippen molar-refractivity contribution in [2.45, 2.75) is 12.8 Å². The van der Waals surface area contributed by atoms with E-state index in [0.717, 1.165) is 11.1 Å². The molecule has 1 amide bonds. The summed E-state index contributed by atoms with van der Waals surface area (Å²) >= 11 is 0. The molecule has 3 aromatic rings. The first-order chi connectivity index (χ1) is 14.6. The lowest BCUT2D eigenvalue weighted by Gasteiger charge is -2.14. The summed E-state index contributed by atoms with van der Waals surface area (Å²) in [6.07, 6.45) is 0.731. The fourth-order valence-electron chi connectivity index (χ4n) is 3.93. The number of carbonyl (C=O) groups excluding carboxylic acids is 2. The number of carboxylic acid groups (broad SMARTS) is 1. The van der Waals surface area contributed by atoms with Gasteiger partial charge in [-0.2, -0.15) is 0 Å². The number of aliphatic carboxylic acids is 1. The van der Waals surface area contributed by atoms with Crippen LogP contribution in [-0.2, 0) is 11.2 Å². The van der Waals surface area contributed by atoms with Crippen LogP contribution in [0.2, 0.25) is 0 Å². The number of hydrogen-bond donors (Lipinski definition) is 2. The standard InChI is InChI=1S/C25H21NO4/c27-23-19-10-5-4-9-18(19)22-20(23)11-6-12-21(22)24(28)26-14-13-17(25(29)30)15-16-7-2-1-3-8-16/h1-12,17H,13-15H2,(H,26,28)(H,29,30). The molecule has 0 saturated carbocycles. The van der Waals surface area contributed by atoms with Crippen LogP contribution in [-0.4, -0.2) is 29.3 Å². The highest BCUT2D eigenvalue weighted by Gasteiger charge is 2.30. The second-order valence-electron chi connectivity index (χ2n) is 7.37. The Hall–Kier alpha value is -3.73. The first-order valence-electron chi connectivity index (χ1n) is 9.88.